The van der Waals surface area contributed by atoms with Crippen LogP contribution in [0.4, 0.5) is 18.0 Å². The van der Waals surface area contributed by atoms with Gasteiger partial charge in [0.2, 0.25) is 5.91 Å². The van der Waals surface area contributed by atoms with Crippen molar-refractivity contribution >= 4 is 35.2 Å². The monoisotopic (exact) mass is 426 g/mol. The first kappa shape index (κ1) is 21.6. The third-order valence-corrected chi connectivity index (χ3v) is 4.83. The Morgan fingerprint density at radius 2 is 1.93 bits per heavy atom. The van der Waals surface area contributed by atoms with Gasteiger partial charge in [0.1, 0.15) is 0 Å². The SMILES string of the molecule is CC(NC(=O)C1CCN(C(=O)OCC(F)(F)F)CC1)c1ccc(Cl)cc1Cl. The summed E-state index contributed by atoms with van der Waals surface area (Å²) in [5, 5.41) is 3.80. The Bertz CT molecular complexity index is 692. The van der Waals surface area contributed by atoms with E-state index in [-0.39, 0.29) is 31.0 Å². The van der Waals surface area contributed by atoms with E-state index >= 15 is 0 Å². The Kier molecular flexibility index (Phi) is 7.22. The van der Waals surface area contributed by atoms with E-state index in [2.05, 4.69) is 10.1 Å². The smallest absolute Gasteiger partial charge is 0.422 e. The number of amides is 2. The zero-order valence-electron chi connectivity index (χ0n) is 14.5. The van der Waals surface area contributed by atoms with Gasteiger partial charge in [-0.15, -0.1) is 0 Å². The van der Waals surface area contributed by atoms with Gasteiger partial charge in [-0.2, -0.15) is 13.2 Å². The fraction of sp³-hybridized carbons (Fsp3) is 0.529. The number of hydrogen-bond acceptors (Lipinski definition) is 3. The van der Waals surface area contributed by atoms with Gasteiger partial charge in [0.05, 0.1) is 6.04 Å². The summed E-state index contributed by atoms with van der Waals surface area (Å²) in [5.41, 5.74) is 0.725. The maximum atomic E-state index is 12.4. The van der Waals surface area contributed by atoms with Crippen LogP contribution in [0.15, 0.2) is 18.2 Å². The molecule has 1 atom stereocenters. The van der Waals surface area contributed by atoms with Gasteiger partial charge in [0.15, 0.2) is 6.61 Å². The summed E-state index contributed by atoms with van der Waals surface area (Å²) in [5.74, 6) is -0.540. The number of benzene rings is 1. The molecule has 1 N–H and O–H groups in total. The van der Waals surface area contributed by atoms with Crippen molar-refractivity contribution in [2.45, 2.75) is 32.0 Å². The molecule has 1 saturated heterocycles. The number of alkyl halides is 3. The third kappa shape index (κ3) is 6.46. The lowest BCUT2D eigenvalue weighted by molar-refractivity contribution is -0.162. The highest BCUT2D eigenvalue weighted by atomic mass is 35.5. The molecule has 1 aromatic carbocycles. The number of rotatable bonds is 4. The molecule has 0 aliphatic carbocycles. The molecule has 0 radical (unpaired) electrons. The summed E-state index contributed by atoms with van der Waals surface area (Å²) < 4.78 is 40.5. The molecule has 1 aliphatic heterocycles. The number of nitrogens with one attached hydrogen (secondary N) is 1. The Hall–Kier alpha value is -1.67. The summed E-state index contributed by atoms with van der Waals surface area (Å²) in [6, 6.07) is 4.66. The van der Waals surface area contributed by atoms with E-state index in [1.54, 1.807) is 25.1 Å². The standard InChI is InChI=1S/C17H19Cl2F3N2O3/c1-10(13-3-2-12(18)8-14(13)19)23-15(25)11-4-6-24(7-5-11)16(26)27-9-17(20,21)22/h2-3,8,10-11H,4-7,9H2,1H3,(H,23,25). The van der Waals surface area contributed by atoms with E-state index in [4.69, 9.17) is 23.2 Å². The van der Waals surface area contributed by atoms with Crippen molar-refractivity contribution in [3.05, 3.63) is 33.8 Å². The maximum Gasteiger partial charge on any atom is 0.422 e. The lowest BCUT2D eigenvalue weighted by Crippen LogP contribution is -2.44. The number of carbonyl (C=O) groups excluding carboxylic acids is 2. The van der Waals surface area contributed by atoms with E-state index in [9.17, 15) is 22.8 Å². The van der Waals surface area contributed by atoms with E-state index in [0.29, 0.717) is 22.9 Å². The lowest BCUT2D eigenvalue weighted by atomic mass is 9.95. The summed E-state index contributed by atoms with van der Waals surface area (Å²) in [4.78, 5) is 25.2. The van der Waals surface area contributed by atoms with Crippen LogP contribution in [0.25, 0.3) is 0 Å². The molecular formula is C17H19Cl2F3N2O3. The Morgan fingerprint density at radius 3 is 2.48 bits per heavy atom. The van der Waals surface area contributed by atoms with E-state index in [0.717, 1.165) is 5.56 Å². The van der Waals surface area contributed by atoms with Gasteiger partial charge in [0, 0.05) is 29.1 Å². The third-order valence-electron chi connectivity index (χ3n) is 4.27. The van der Waals surface area contributed by atoms with Gasteiger partial charge in [-0.3, -0.25) is 4.79 Å². The Balaban J connectivity index is 1.83. The number of likely N-dealkylation sites (tertiary alicyclic amines) is 1. The fourth-order valence-electron chi connectivity index (χ4n) is 2.82. The van der Waals surface area contributed by atoms with Crippen molar-refractivity contribution in [1.29, 1.82) is 0 Å². The fourth-order valence-corrected chi connectivity index (χ4v) is 3.39. The lowest BCUT2D eigenvalue weighted by Gasteiger charge is -2.31. The highest BCUT2D eigenvalue weighted by Gasteiger charge is 2.33. The molecule has 1 fully saturated rings. The quantitative estimate of drug-likeness (QED) is 0.766. The highest BCUT2D eigenvalue weighted by molar-refractivity contribution is 6.35. The van der Waals surface area contributed by atoms with Gasteiger partial charge < -0.3 is 15.0 Å². The van der Waals surface area contributed by atoms with Crippen LogP contribution in [-0.4, -0.2) is 42.8 Å². The van der Waals surface area contributed by atoms with E-state index < -0.39 is 18.9 Å². The molecular weight excluding hydrogens is 408 g/mol. The summed E-state index contributed by atoms with van der Waals surface area (Å²) >= 11 is 12.0. The second kappa shape index (κ2) is 9.01. The molecule has 5 nitrogen and oxygen atoms in total. The second-order valence-electron chi connectivity index (χ2n) is 6.33. The largest absolute Gasteiger partial charge is 0.440 e. The van der Waals surface area contributed by atoms with Crippen LogP contribution >= 0.6 is 23.2 Å². The van der Waals surface area contributed by atoms with Gasteiger partial charge >= 0.3 is 12.3 Å². The topological polar surface area (TPSA) is 58.6 Å². The molecule has 2 rings (SSSR count). The first-order valence-corrected chi connectivity index (χ1v) is 9.06. The predicted molar refractivity (Wildman–Crippen MR) is 94.7 cm³/mol. The molecule has 150 valence electrons. The van der Waals surface area contributed by atoms with Crippen LogP contribution in [0.1, 0.15) is 31.4 Å². The molecule has 2 amide bonds. The van der Waals surface area contributed by atoms with E-state index in [1.807, 2.05) is 0 Å². The molecule has 1 aromatic rings. The van der Waals surface area contributed by atoms with Crippen molar-refractivity contribution in [1.82, 2.24) is 10.2 Å². The zero-order chi connectivity index (χ0) is 20.2. The minimum Gasteiger partial charge on any atom is -0.440 e. The molecule has 0 saturated carbocycles. The van der Waals surface area contributed by atoms with Gasteiger partial charge in [0.25, 0.3) is 0 Å². The van der Waals surface area contributed by atoms with Crippen LogP contribution in [0.5, 0.6) is 0 Å². The van der Waals surface area contributed by atoms with Crippen molar-refractivity contribution in [2.75, 3.05) is 19.7 Å². The van der Waals surface area contributed by atoms with Gasteiger partial charge in [-0.1, -0.05) is 29.3 Å². The van der Waals surface area contributed by atoms with Crippen LogP contribution in [0, 0.1) is 5.92 Å². The van der Waals surface area contributed by atoms with E-state index in [1.165, 1.54) is 4.90 Å². The second-order valence-corrected chi connectivity index (χ2v) is 7.17. The van der Waals surface area contributed by atoms with Crippen LogP contribution in [0.3, 0.4) is 0 Å². The number of piperidine rings is 1. The minimum absolute atomic E-state index is 0.158. The molecule has 0 spiro atoms. The summed E-state index contributed by atoms with van der Waals surface area (Å²) in [6.45, 7) is 0.484. The zero-order valence-corrected chi connectivity index (χ0v) is 16.0. The molecule has 0 aromatic heterocycles. The van der Waals surface area contributed by atoms with Crippen LogP contribution in [-0.2, 0) is 9.53 Å². The molecule has 0 bridgehead atoms. The van der Waals surface area contributed by atoms with Crippen LogP contribution < -0.4 is 5.32 Å². The number of hydrogen-bond donors (Lipinski definition) is 1. The average molecular weight is 427 g/mol. The molecule has 1 aliphatic rings. The molecule has 10 heteroatoms. The maximum absolute atomic E-state index is 12.4. The molecule has 1 unspecified atom stereocenters. The van der Waals surface area contributed by atoms with Crippen molar-refractivity contribution in [2.24, 2.45) is 5.92 Å². The van der Waals surface area contributed by atoms with Gasteiger partial charge in [-0.05, 0) is 37.5 Å². The Labute approximate surface area is 164 Å². The summed E-state index contributed by atoms with van der Waals surface area (Å²) in [7, 11) is 0. The number of carbonyl (C=O) groups is 2. The minimum atomic E-state index is -4.56. The van der Waals surface area contributed by atoms with Crippen molar-refractivity contribution < 1.29 is 27.5 Å². The molecule has 1 heterocycles. The Morgan fingerprint density at radius 1 is 1.30 bits per heavy atom. The van der Waals surface area contributed by atoms with Crippen molar-refractivity contribution in [3.8, 4) is 0 Å². The number of ether oxygens (including phenoxy) is 1. The normalized spacial score (nSPS) is 16.7. The average Bonchev–Trinajstić information content (AvgIpc) is 2.59. The van der Waals surface area contributed by atoms with Crippen LogP contribution in [0.2, 0.25) is 10.0 Å². The highest BCUT2D eigenvalue weighted by Crippen LogP contribution is 2.27. The summed E-state index contributed by atoms with van der Waals surface area (Å²) in [6.07, 6.45) is -4.90. The first-order valence-electron chi connectivity index (χ1n) is 8.30. The predicted octanol–water partition coefficient (Wildman–Crippen LogP) is 4.58. The first-order chi connectivity index (χ1) is 12.6. The van der Waals surface area contributed by atoms with Crippen molar-refractivity contribution in [3.63, 3.8) is 0 Å². The number of halogens is 5. The molecule has 27 heavy (non-hydrogen) atoms. The van der Waals surface area contributed by atoms with Gasteiger partial charge in [-0.25, -0.2) is 4.79 Å². The number of nitrogens with zero attached hydrogens (tertiary/aromatic N) is 1.